The monoisotopic (exact) mass is 291 g/mol. The van der Waals surface area contributed by atoms with E-state index in [4.69, 9.17) is 0 Å². The minimum Gasteiger partial charge on any atom is -0.257 e. The third-order valence-corrected chi connectivity index (χ3v) is 3.53. The number of nitrogens with zero attached hydrogens (tertiary/aromatic N) is 6. The fraction of sp³-hybridized carbons (Fsp3) is 0.125. The lowest BCUT2D eigenvalue weighted by Crippen LogP contribution is -2.35. The average molecular weight is 291 g/mol. The van der Waals surface area contributed by atoms with E-state index >= 15 is 0 Å². The molecule has 0 N–H and O–H groups in total. The summed E-state index contributed by atoms with van der Waals surface area (Å²) in [4.78, 5) is 4.34. The first kappa shape index (κ1) is 12.7. The van der Waals surface area contributed by atoms with Crippen molar-refractivity contribution < 1.29 is 4.57 Å². The van der Waals surface area contributed by atoms with Crippen LogP contribution in [0.25, 0.3) is 11.0 Å². The molecule has 6 heteroatoms. The molecule has 0 amide bonds. The number of rotatable bonds is 4. The van der Waals surface area contributed by atoms with Gasteiger partial charge in [-0.05, 0) is 24.3 Å². The van der Waals surface area contributed by atoms with Crippen LogP contribution in [0.3, 0.4) is 0 Å². The summed E-state index contributed by atoms with van der Waals surface area (Å²) in [5, 5.41) is 8.38. The van der Waals surface area contributed by atoms with E-state index in [1.54, 1.807) is 0 Å². The van der Waals surface area contributed by atoms with Gasteiger partial charge in [0.15, 0.2) is 6.67 Å². The Morgan fingerprint density at radius 1 is 1.05 bits per heavy atom. The Labute approximate surface area is 127 Å². The highest BCUT2D eigenvalue weighted by atomic mass is 15.5. The van der Waals surface area contributed by atoms with Crippen LogP contribution in [0.2, 0.25) is 0 Å². The Morgan fingerprint density at radius 3 is 2.86 bits per heavy atom. The smallest absolute Gasteiger partial charge is 0.245 e. The maximum absolute atomic E-state index is 4.34. The average Bonchev–Trinajstić information content (AvgIpc) is 3.17. The molecule has 0 spiro atoms. The number of imidazole rings is 1. The second kappa shape index (κ2) is 5.40. The van der Waals surface area contributed by atoms with E-state index in [2.05, 4.69) is 24.4 Å². The van der Waals surface area contributed by atoms with Crippen LogP contribution in [0.15, 0.2) is 67.4 Å². The van der Waals surface area contributed by atoms with Crippen LogP contribution in [0.4, 0.5) is 0 Å². The summed E-state index contributed by atoms with van der Waals surface area (Å²) in [7, 11) is 0. The molecule has 0 unspecified atom stereocenters. The maximum Gasteiger partial charge on any atom is 0.245 e. The van der Waals surface area contributed by atoms with Crippen LogP contribution in [0.1, 0.15) is 5.69 Å². The van der Waals surface area contributed by atoms with E-state index in [9.17, 15) is 0 Å². The van der Waals surface area contributed by atoms with Gasteiger partial charge in [-0.2, -0.15) is 0 Å². The van der Waals surface area contributed by atoms with Crippen molar-refractivity contribution in [3.8, 4) is 0 Å². The van der Waals surface area contributed by atoms with Gasteiger partial charge in [0, 0.05) is 6.20 Å². The molecule has 3 heterocycles. The molecule has 0 aliphatic rings. The van der Waals surface area contributed by atoms with E-state index in [1.165, 1.54) is 0 Å². The molecule has 0 fully saturated rings. The number of para-hydroxylation sites is 1. The summed E-state index contributed by atoms with van der Waals surface area (Å²) >= 11 is 0. The first-order chi connectivity index (χ1) is 10.9. The lowest BCUT2D eigenvalue weighted by Gasteiger charge is -1.98. The van der Waals surface area contributed by atoms with Crippen molar-refractivity contribution in [1.29, 1.82) is 0 Å². The van der Waals surface area contributed by atoms with Crippen molar-refractivity contribution in [3.05, 3.63) is 73.1 Å². The number of hydrogen-bond acceptors (Lipinski definition) is 3. The van der Waals surface area contributed by atoms with Crippen molar-refractivity contribution in [3.63, 3.8) is 0 Å². The molecule has 0 atom stereocenters. The highest BCUT2D eigenvalue weighted by Gasteiger charge is 2.09. The quantitative estimate of drug-likeness (QED) is 0.535. The van der Waals surface area contributed by atoms with E-state index in [0.717, 1.165) is 23.3 Å². The SMILES string of the molecule is c1ccc(Cn2cc[n+](Cn3nnc4ccccc43)c2)nc1. The van der Waals surface area contributed by atoms with Gasteiger partial charge >= 0.3 is 0 Å². The van der Waals surface area contributed by atoms with Crippen LogP contribution < -0.4 is 4.57 Å². The minimum atomic E-state index is 0.635. The highest BCUT2D eigenvalue weighted by molar-refractivity contribution is 5.73. The van der Waals surface area contributed by atoms with Gasteiger partial charge in [0.25, 0.3) is 0 Å². The third kappa shape index (κ3) is 2.46. The van der Waals surface area contributed by atoms with E-state index in [-0.39, 0.29) is 0 Å². The number of hydrogen-bond donors (Lipinski definition) is 0. The van der Waals surface area contributed by atoms with Crippen molar-refractivity contribution in [2.24, 2.45) is 0 Å². The number of fused-ring (bicyclic) bond motifs is 1. The fourth-order valence-electron chi connectivity index (χ4n) is 2.47. The first-order valence-corrected chi connectivity index (χ1v) is 7.11. The van der Waals surface area contributed by atoms with Gasteiger partial charge in [0.2, 0.25) is 6.33 Å². The number of pyridine rings is 1. The zero-order valence-corrected chi connectivity index (χ0v) is 11.9. The lowest BCUT2D eigenvalue weighted by molar-refractivity contribution is -0.701. The fourth-order valence-corrected chi connectivity index (χ4v) is 2.47. The van der Waals surface area contributed by atoms with E-state index in [1.807, 2.05) is 72.1 Å². The summed E-state index contributed by atoms with van der Waals surface area (Å²) in [5.74, 6) is 0. The van der Waals surface area contributed by atoms with Crippen molar-refractivity contribution in [2.45, 2.75) is 13.2 Å². The highest BCUT2D eigenvalue weighted by Crippen LogP contribution is 2.08. The molecule has 0 saturated carbocycles. The normalized spacial score (nSPS) is 11.1. The summed E-state index contributed by atoms with van der Waals surface area (Å²) in [6.07, 6.45) is 7.92. The van der Waals surface area contributed by atoms with Gasteiger partial charge in [0.05, 0.1) is 11.2 Å². The number of aromatic nitrogens is 6. The summed E-state index contributed by atoms with van der Waals surface area (Å²) in [6, 6.07) is 13.9. The maximum atomic E-state index is 4.34. The first-order valence-electron chi connectivity index (χ1n) is 7.11. The van der Waals surface area contributed by atoms with Crippen LogP contribution in [0, 0.1) is 0 Å². The van der Waals surface area contributed by atoms with Gasteiger partial charge in [0.1, 0.15) is 24.5 Å². The second-order valence-corrected chi connectivity index (χ2v) is 5.14. The van der Waals surface area contributed by atoms with Crippen LogP contribution in [0.5, 0.6) is 0 Å². The second-order valence-electron chi connectivity index (χ2n) is 5.14. The summed E-state index contributed by atoms with van der Waals surface area (Å²) in [6.45, 7) is 1.39. The molecule has 0 radical (unpaired) electrons. The predicted molar refractivity (Wildman–Crippen MR) is 80.9 cm³/mol. The molecule has 108 valence electrons. The number of benzene rings is 1. The van der Waals surface area contributed by atoms with Crippen molar-refractivity contribution >= 4 is 11.0 Å². The molecule has 22 heavy (non-hydrogen) atoms. The summed E-state index contributed by atoms with van der Waals surface area (Å²) in [5.41, 5.74) is 2.99. The Hall–Kier alpha value is -3.02. The molecule has 1 aromatic carbocycles. The van der Waals surface area contributed by atoms with Crippen LogP contribution in [-0.4, -0.2) is 24.5 Å². The molecule has 0 saturated heterocycles. The molecule has 0 aliphatic heterocycles. The Bertz CT molecular complexity index is 893. The van der Waals surface area contributed by atoms with Gasteiger partial charge in [-0.25, -0.2) is 13.8 Å². The molecule has 3 aromatic heterocycles. The molecule has 0 aliphatic carbocycles. The largest absolute Gasteiger partial charge is 0.257 e. The molecule has 0 bridgehead atoms. The van der Waals surface area contributed by atoms with Gasteiger partial charge < -0.3 is 0 Å². The molecule has 4 rings (SSSR count). The van der Waals surface area contributed by atoms with Crippen LogP contribution in [-0.2, 0) is 13.2 Å². The van der Waals surface area contributed by atoms with Gasteiger partial charge in [-0.1, -0.05) is 23.4 Å². The predicted octanol–water partition coefficient (Wildman–Crippen LogP) is 1.47. The zero-order chi connectivity index (χ0) is 14.8. The standard InChI is InChI=1S/C16H15N6/c1-2-7-16-15(6-1)18-19-22(16)13-21-10-9-20(12-21)11-14-5-3-4-8-17-14/h1-10,12H,11,13H2/q+1. The summed E-state index contributed by atoms with van der Waals surface area (Å²) < 4.78 is 6.06. The third-order valence-electron chi connectivity index (χ3n) is 3.53. The van der Waals surface area contributed by atoms with E-state index < -0.39 is 0 Å². The topological polar surface area (TPSA) is 52.4 Å². The Morgan fingerprint density at radius 2 is 1.95 bits per heavy atom. The zero-order valence-electron chi connectivity index (χ0n) is 11.9. The van der Waals surface area contributed by atoms with Crippen molar-refractivity contribution in [2.75, 3.05) is 0 Å². The minimum absolute atomic E-state index is 0.635. The van der Waals surface area contributed by atoms with Gasteiger partial charge in [-0.15, -0.1) is 5.10 Å². The Balaban J connectivity index is 1.54. The van der Waals surface area contributed by atoms with Crippen molar-refractivity contribution in [1.82, 2.24) is 24.5 Å². The van der Waals surface area contributed by atoms with Crippen LogP contribution >= 0.6 is 0 Å². The lowest BCUT2D eigenvalue weighted by atomic mass is 10.3. The molecule has 6 nitrogen and oxygen atoms in total. The molecule has 4 aromatic rings. The van der Waals surface area contributed by atoms with Gasteiger partial charge in [-0.3, -0.25) is 4.98 Å². The van der Waals surface area contributed by atoms with E-state index in [0.29, 0.717) is 6.67 Å². The Kier molecular flexibility index (Phi) is 3.12. The molecular weight excluding hydrogens is 276 g/mol. The molecular formula is C16H15N6+.